The Bertz CT molecular complexity index is 4990. The fourth-order valence-electron chi connectivity index (χ4n) is 14.0. The summed E-state index contributed by atoms with van der Waals surface area (Å²) < 4.78 is 64.3. The summed E-state index contributed by atoms with van der Waals surface area (Å²) in [6.45, 7) is 14.6. The van der Waals surface area contributed by atoms with Crippen LogP contribution in [0.5, 0.6) is 0 Å². The van der Waals surface area contributed by atoms with Gasteiger partial charge in [0.1, 0.15) is 48.1 Å². The van der Waals surface area contributed by atoms with Crippen LogP contribution < -0.4 is 38.3 Å². The van der Waals surface area contributed by atoms with E-state index < -0.39 is 57.8 Å². The van der Waals surface area contributed by atoms with Gasteiger partial charge in [-0.15, -0.1) is 12.4 Å². The fraction of sp³-hybridized carbons (Fsp3) is 0.457. The second kappa shape index (κ2) is 30.1. The summed E-state index contributed by atoms with van der Waals surface area (Å²) in [5, 5.41) is 4.42. The van der Waals surface area contributed by atoms with Crippen molar-refractivity contribution in [3.8, 4) is 0 Å². The van der Waals surface area contributed by atoms with E-state index in [9.17, 15) is 51.5 Å². The average Bonchev–Trinajstić information content (AvgIpc) is 1.53. The second-order valence-corrected chi connectivity index (χ2v) is 42.7. The van der Waals surface area contributed by atoms with Crippen LogP contribution in [0.3, 0.4) is 0 Å². The van der Waals surface area contributed by atoms with Crippen molar-refractivity contribution < 1.29 is 22.8 Å². The van der Waals surface area contributed by atoms with Crippen LogP contribution in [-0.4, -0.2) is 106 Å². The number of pyridine rings is 3. The van der Waals surface area contributed by atoms with Crippen molar-refractivity contribution in [2.75, 3.05) is 39.3 Å². The van der Waals surface area contributed by atoms with Crippen molar-refractivity contribution in [3.05, 3.63) is 153 Å². The van der Waals surface area contributed by atoms with E-state index in [2.05, 4.69) is 65.8 Å². The van der Waals surface area contributed by atoms with E-state index in [1.54, 1.807) is 43.3 Å². The molecule has 17 nitrogen and oxygen atoms in total. The largest absolute Gasteiger partial charge is 0.328 e. The number of carbonyl (C=O) groups is 2. The molecular weight excluding hydrogens is 1480 g/mol. The average molecular weight is 1560 g/mol. The van der Waals surface area contributed by atoms with Gasteiger partial charge >= 0.3 is 143 Å². The summed E-state index contributed by atoms with van der Waals surface area (Å²) in [7, 11) is 0. The van der Waals surface area contributed by atoms with Gasteiger partial charge in [0.2, 0.25) is 22.2 Å². The summed E-state index contributed by atoms with van der Waals surface area (Å²) in [4.78, 5) is 103. The Kier molecular flexibility index (Phi) is 22.3. The van der Waals surface area contributed by atoms with Crippen LogP contribution in [0, 0.1) is 17.5 Å². The van der Waals surface area contributed by atoms with E-state index in [-0.39, 0.29) is 80.3 Å². The number of fused-ring (bicyclic) bond motifs is 6. The number of nitrogens with zero attached hydrogens (tertiary/aromatic N) is 5. The third-order valence-corrected chi connectivity index (χ3v) is 39.3. The van der Waals surface area contributed by atoms with Crippen LogP contribution in [0.1, 0.15) is 160 Å². The molecule has 0 bridgehead atoms. The molecule has 3 aliphatic carbocycles. The van der Waals surface area contributed by atoms with Gasteiger partial charge in [0.25, 0.3) is 16.7 Å². The summed E-state index contributed by atoms with van der Waals surface area (Å²) in [5.74, 6) is -1.12. The maximum atomic E-state index is 15.0. The van der Waals surface area contributed by atoms with Crippen molar-refractivity contribution in [3.63, 3.8) is 0 Å². The number of nitrogens with one attached hydrogen (secondary N) is 4. The first-order valence-corrected chi connectivity index (χ1v) is 44.1. The van der Waals surface area contributed by atoms with E-state index in [1.807, 2.05) is 29.8 Å². The van der Waals surface area contributed by atoms with Gasteiger partial charge in [0.05, 0.1) is 21.0 Å². The zero-order valence-electron chi connectivity index (χ0n) is 54.5. The van der Waals surface area contributed by atoms with Crippen LogP contribution in [0.15, 0.2) is 91.5 Å². The first-order valence-electron chi connectivity index (χ1n) is 33.4. The van der Waals surface area contributed by atoms with Crippen molar-refractivity contribution >= 4 is 168 Å². The second-order valence-electron chi connectivity index (χ2n) is 26.1. The number of halogens is 5. The maximum Gasteiger partial charge on any atom is 0.271 e. The molecule has 9 aromatic rings. The Morgan fingerprint density at radius 3 is 1.26 bits per heavy atom. The van der Waals surface area contributed by atoms with Gasteiger partial charge in [-0.2, -0.15) is 0 Å². The molecule has 3 aromatic carbocycles. The van der Waals surface area contributed by atoms with Crippen molar-refractivity contribution in [2.45, 2.75) is 162 Å². The Morgan fingerprint density at radius 1 is 0.531 bits per heavy atom. The molecule has 0 spiro atoms. The van der Waals surface area contributed by atoms with Gasteiger partial charge < -0.3 is 23.9 Å². The smallest absolute Gasteiger partial charge is 0.271 e. The van der Waals surface area contributed by atoms with Crippen molar-refractivity contribution in [2.24, 2.45) is 0 Å². The molecule has 6 aliphatic rings. The zero-order valence-corrected chi connectivity index (χ0v) is 62.3. The molecule has 26 heteroatoms. The van der Waals surface area contributed by atoms with Crippen LogP contribution >= 0.6 is 62.9 Å². The first-order chi connectivity index (χ1) is 45.8. The summed E-state index contributed by atoms with van der Waals surface area (Å²) >= 11 is 4.49. The first kappa shape index (κ1) is 71.1. The van der Waals surface area contributed by atoms with Crippen LogP contribution in [0.4, 0.5) is 13.2 Å². The quantitative estimate of drug-likeness (QED) is 0.0717. The van der Waals surface area contributed by atoms with Crippen LogP contribution in [0.25, 0.3) is 74.5 Å². The Labute approximate surface area is 582 Å². The predicted octanol–water partition coefficient (Wildman–Crippen LogP) is 14.9. The molecule has 9 heterocycles. The van der Waals surface area contributed by atoms with Crippen molar-refractivity contribution in [1.29, 1.82) is 0 Å². The monoisotopic (exact) mass is 1560 g/mol. The Hall–Kier alpha value is -6.16. The molecule has 6 aromatic heterocycles. The molecule has 2 amide bonds. The fourth-order valence-corrected chi connectivity index (χ4v) is 34.2. The van der Waals surface area contributed by atoms with Crippen molar-refractivity contribution in [1.82, 2.24) is 41.9 Å². The van der Waals surface area contributed by atoms with Gasteiger partial charge in [-0.1, -0.05) is 12.2 Å². The SMILES string of the molecule is CC(=O)N1CC=C(c2cc3c(cc2F)c(=O)c2c(=O)[nH]sc2n3C2CC2)CC1.CCC[CH2][Sn]([CH2]CCC)([CH2]CCC)[C]1=CCN(C(C)=O)CC1.Cl.O=c1[nH]sc2c1c(=O)c1cc(F)c(Br)cc1n2C1CC1.O=c1[nH]sc2c1c(=O)c1cc(F)c(C3=CCNCC3)cc1n2C1CC1. The number of rotatable bonds is 15. The molecule has 510 valence electrons. The number of benzene rings is 3. The topological polar surface area (TPSA) is 217 Å². The third kappa shape index (κ3) is 14.4. The minimum atomic E-state index is -2.18. The molecule has 3 aliphatic heterocycles. The summed E-state index contributed by atoms with van der Waals surface area (Å²) in [5.41, 5.74) is 2.51. The molecule has 4 N–H and O–H groups in total. The molecule has 3 fully saturated rings. The number of amides is 2. The normalized spacial score (nSPS) is 16.6. The van der Waals surface area contributed by atoms with E-state index >= 15 is 0 Å². The Balaban J connectivity index is 0.000000131. The number of hydrogen-bond donors (Lipinski definition) is 4. The molecule has 15 rings (SSSR count). The molecule has 0 unspecified atom stereocenters. The number of carbonyl (C=O) groups excluding carboxylic acids is 2. The van der Waals surface area contributed by atoms with Gasteiger partial charge in [-0.05, 0) is 156 Å². The molecule has 96 heavy (non-hydrogen) atoms. The number of hydrogen-bond acceptors (Lipinski definition) is 12. The third-order valence-electron chi connectivity index (χ3n) is 19.6. The van der Waals surface area contributed by atoms with E-state index in [0.29, 0.717) is 66.0 Å². The number of aromatic nitrogens is 6. The minimum Gasteiger partial charge on any atom is -0.328 e. The zero-order chi connectivity index (χ0) is 67.1. The van der Waals surface area contributed by atoms with Crippen LogP contribution in [-0.2, 0) is 9.59 Å². The number of H-pyrrole nitrogens is 3. The van der Waals surface area contributed by atoms with Gasteiger partial charge in [0.15, 0.2) is 0 Å². The van der Waals surface area contributed by atoms with E-state index in [0.717, 1.165) is 111 Å². The van der Waals surface area contributed by atoms with Gasteiger partial charge in [0, 0.05) is 72.0 Å². The van der Waals surface area contributed by atoms with Crippen LogP contribution in [0.2, 0.25) is 13.3 Å². The molecule has 0 atom stereocenters. The predicted molar refractivity (Wildman–Crippen MR) is 392 cm³/mol. The van der Waals surface area contributed by atoms with E-state index in [4.69, 9.17) is 0 Å². The Morgan fingerprint density at radius 2 is 0.917 bits per heavy atom. The van der Waals surface area contributed by atoms with Gasteiger partial charge in [-0.25, -0.2) is 13.2 Å². The molecule has 3 saturated carbocycles. The molecular formula is C70H80BrClF3N9O8S3Sn. The number of aromatic amines is 3. The molecule has 0 saturated heterocycles. The minimum absolute atomic E-state index is 0. The van der Waals surface area contributed by atoms with E-state index in [1.165, 1.54) is 81.6 Å². The molecule has 0 radical (unpaired) electrons. The summed E-state index contributed by atoms with van der Waals surface area (Å²) in [6, 6.07) is 9.72. The van der Waals surface area contributed by atoms with Gasteiger partial charge in [-0.3, -0.25) is 46.7 Å². The number of unbranched alkanes of at least 4 members (excludes halogenated alkanes) is 3. The summed E-state index contributed by atoms with van der Waals surface area (Å²) in [6.07, 6.45) is 23.2. The standard InChI is InChI=1S/C20H18FN3O3S.C18H16FN3O2S.C13H8BrFN2O2S.C7H10NO.3C4H9.ClH.Sn/c1-10(25)23-6-4-11(5-7-23)13-9-16-14(8-15(13)21)18(26)17-19(27)22-28-20(17)24(16)12-2-3-12;19-13-7-12-14(8-11(13)9-3-5-20-6-4-9)22(10-1-2-10)18-15(16(12)23)17(24)21-25-18;14-7-4-9-6(3-8(7)15)11(18)10-12(19)16-20-13(10)17(9)5-1-2-5;1-7(9)8-5-3-2-4-6-8;3*1-3-4-2;;/h4,8-9,12H,2-3,5-7H2,1H3,(H,22,27);3,7-8,10,20H,1-2,4-6H2,(H,21,24);3-5H,1-2H2,(H,16,19);3H,4-6H2,1H3;3*1,3-4H2,2H3;1H;. The maximum absolute atomic E-state index is 15.0.